The third-order valence-electron chi connectivity index (χ3n) is 3.26. The number of ether oxygens (including phenoxy) is 1. The first-order chi connectivity index (χ1) is 9.72. The van der Waals surface area contributed by atoms with Gasteiger partial charge in [-0.2, -0.15) is 0 Å². The van der Waals surface area contributed by atoms with Crippen molar-refractivity contribution in [3.05, 3.63) is 0 Å². The van der Waals surface area contributed by atoms with Gasteiger partial charge in [-0.1, -0.05) is 39.0 Å². The highest BCUT2D eigenvalue weighted by atomic mass is 16.5. The summed E-state index contributed by atoms with van der Waals surface area (Å²) in [6, 6.07) is -0.339. The topological polar surface area (TPSA) is 75.8 Å². The number of nitrogens with zero attached hydrogens (tertiary/aromatic N) is 1. The Labute approximate surface area is 123 Å². The highest BCUT2D eigenvalue weighted by Gasteiger charge is 2.08. The number of hydrogen-bond acceptors (Lipinski definition) is 3. The first-order valence-electron chi connectivity index (χ1n) is 7.95. The van der Waals surface area contributed by atoms with Gasteiger partial charge in [-0.15, -0.1) is 0 Å². The van der Waals surface area contributed by atoms with E-state index in [0.29, 0.717) is 26.2 Å². The summed E-state index contributed by atoms with van der Waals surface area (Å²) in [6.07, 6.45) is 8.72. The molecule has 5 nitrogen and oxygen atoms in total. The third-order valence-corrected chi connectivity index (χ3v) is 3.26. The Morgan fingerprint density at radius 2 is 1.60 bits per heavy atom. The van der Waals surface area contributed by atoms with Crippen LogP contribution < -0.4 is 5.73 Å². The zero-order valence-corrected chi connectivity index (χ0v) is 13.0. The minimum atomic E-state index is -0.339. The van der Waals surface area contributed by atoms with Gasteiger partial charge in [-0.05, 0) is 19.3 Å². The Hall–Kier alpha value is -0.810. The number of hydrogen-bond donors (Lipinski definition) is 2. The van der Waals surface area contributed by atoms with Crippen LogP contribution in [0.4, 0.5) is 4.79 Å². The highest BCUT2D eigenvalue weighted by Crippen LogP contribution is 2.06. The molecular formula is C15H32N2O3. The molecule has 0 saturated carbocycles. The van der Waals surface area contributed by atoms with Crippen LogP contribution >= 0.6 is 0 Å². The van der Waals surface area contributed by atoms with Crippen molar-refractivity contribution in [3.63, 3.8) is 0 Å². The van der Waals surface area contributed by atoms with Crippen LogP contribution in [0.15, 0.2) is 0 Å². The van der Waals surface area contributed by atoms with Crippen LogP contribution in [0.3, 0.4) is 0 Å². The SMILES string of the molecule is CCCCCCCCN(CCCOCCCO)C(N)=O. The van der Waals surface area contributed by atoms with E-state index in [0.717, 1.165) is 25.8 Å². The Morgan fingerprint density at radius 3 is 2.25 bits per heavy atom. The second kappa shape index (κ2) is 14.6. The quantitative estimate of drug-likeness (QED) is 0.482. The molecule has 0 atom stereocenters. The summed E-state index contributed by atoms with van der Waals surface area (Å²) in [6.45, 7) is 4.95. The van der Waals surface area contributed by atoms with Crippen LogP contribution in [-0.4, -0.2) is 48.9 Å². The first-order valence-corrected chi connectivity index (χ1v) is 7.95. The summed E-state index contributed by atoms with van der Waals surface area (Å²) in [5, 5.41) is 8.61. The molecule has 0 bridgehead atoms. The molecule has 0 radical (unpaired) electrons. The standard InChI is InChI=1S/C15H32N2O3/c1-2-3-4-5-6-7-10-17(15(16)19)11-8-13-20-14-9-12-18/h18H,2-14H2,1H3,(H2,16,19). The lowest BCUT2D eigenvalue weighted by molar-refractivity contribution is 0.108. The molecule has 0 heterocycles. The number of nitrogens with two attached hydrogens (primary N) is 1. The number of aliphatic hydroxyl groups is 1. The Morgan fingerprint density at radius 1 is 1.00 bits per heavy atom. The molecule has 3 N–H and O–H groups in total. The van der Waals surface area contributed by atoms with Gasteiger partial charge in [0.15, 0.2) is 0 Å². The van der Waals surface area contributed by atoms with Crippen LogP contribution in [0, 0.1) is 0 Å². The van der Waals surface area contributed by atoms with Gasteiger partial charge in [0.2, 0.25) is 0 Å². The fourth-order valence-electron chi connectivity index (χ4n) is 2.04. The van der Waals surface area contributed by atoms with E-state index >= 15 is 0 Å². The van der Waals surface area contributed by atoms with E-state index in [1.807, 2.05) is 0 Å². The summed E-state index contributed by atoms with van der Waals surface area (Å²) < 4.78 is 5.34. The average Bonchev–Trinajstić information content (AvgIpc) is 2.43. The van der Waals surface area contributed by atoms with Gasteiger partial charge in [0.05, 0.1) is 0 Å². The zero-order chi connectivity index (χ0) is 15.1. The van der Waals surface area contributed by atoms with Crippen molar-refractivity contribution in [2.75, 3.05) is 32.9 Å². The molecular weight excluding hydrogens is 256 g/mol. The lowest BCUT2D eigenvalue weighted by atomic mass is 10.1. The monoisotopic (exact) mass is 288 g/mol. The minimum Gasteiger partial charge on any atom is -0.396 e. The van der Waals surface area contributed by atoms with Gasteiger partial charge in [0, 0.05) is 32.9 Å². The van der Waals surface area contributed by atoms with Crippen LogP contribution in [-0.2, 0) is 4.74 Å². The molecule has 0 aliphatic heterocycles. The molecule has 5 heteroatoms. The normalized spacial score (nSPS) is 10.7. The number of urea groups is 1. The van der Waals surface area contributed by atoms with Crippen molar-refractivity contribution in [2.45, 2.75) is 58.3 Å². The van der Waals surface area contributed by atoms with Crippen molar-refractivity contribution < 1.29 is 14.6 Å². The maximum Gasteiger partial charge on any atom is 0.314 e. The molecule has 0 saturated heterocycles. The summed E-state index contributed by atoms with van der Waals surface area (Å²) in [5.74, 6) is 0. The molecule has 2 amide bonds. The predicted octanol–water partition coefficient (Wildman–Crippen LogP) is 2.52. The van der Waals surface area contributed by atoms with Gasteiger partial charge >= 0.3 is 6.03 Å². The summed E-state index contributed by atoms with van der Waals surface area (Å²) in [4.78, 5) is 13.0. The number of aliphatic hydroxyl groups excluding tert-OH is 1. The zero-order valence-electron chi connectivity index (χ0n) is 13.0. The highest BCUT2D eigenvalue weighted by molar-refractivity contribution is 5.71. The molecule has 0 aromatic heterocycles. The van der Waals surface area contributed by atoms with Gasteiger partial charge in [-0.3, -0.25) is 0 Å². The van der Waals surface area contributed by atoms with E-state index < -0.39 is 0 Å². The molecule has 0 aliphatic rings. The molecule has 0 fully saturated rings. The van der Waals surface area contributed by atoms with E-state index in [9.17, 15) is 4.79 Å². The van der Waals surface area contributed by atoms with Gasteiger partial charge < -0.3 is 20.5 Å². The van der Waals surface area contributed by atoms with E-state index in [4.69, 9.17) is 15.6 Å². The molecule has 0 aliphatic carbocycles. The summed E-state index contributed by atoms with van der Waals surface area (Å²) in [7, 11) is 0. The average molecular weight is 288 g/mol. The lowest BCUT2D eigenvalue weighted by Crippen LogP contribution is -2.37. The largest absolute Gasteiger partial charge is 0.396 e. The number of rotatable bonds is 14. The molecule has 120 valence electrons. The van der Waals surface area contributed by atoms with E-state index in [1.165, 1.54) is 25.7 Å². The maximum atomic E-state index is 11.3. The van der Waals surface area contributed by atoms with Crippen molar-refractivity contribution >= 4 is 6.03 Å². The number of unbranched alkanes of at least 4 members (excludes halogenated alkanes) is 5. The molecule has 0 aromatic rings. The molecule has 0 unspecified atom stereocenters. The summed E-state index contributed by atoms with van der Waals surface area (Å²) in [5.41, 5.74) is 5.37. The second-order valence-electron chi connectivity index (χ2n) is 5.14. The number of primary amides is 1. The van der Waals surface area contributed by atoms with E-state index in [2.05, 4.69) is 6.92 Å². The lowest BCUT2D eigenvalue weighted by Gasteiger charge is -2.20. The van der Waals surface area contributed by atoms with Crippen molar-refractivity contribution in [3.8, 4) is 0 Å². The van der Waals surface area contributed by atoms with Crippen LogP contribution in [0.1, 0.15) is 58.3 Å². The van der Waals surface area contributed by atoms with Gasteiger partial charge in [0.1, 0.15) is 0 Å². The fraction of sp³-hybridized carbons (Fsp3) is 0.933. The molecule has 0 rings (SSSR count). The Kier molecular flexibility index (Phi) is 14.0. The van der Waals surface area contributed by atoms with E-state index in [-0.39, 0.29) is 12.6 Å². The van der Waals surface area contributed by atoms with Crippen molar-refractivity contribution in [2.24, 2.45) is 5.73 Å². The number of carbonyl (C=O) groups excluding carboxylic acids is 1. The molecule has 20 heavy (non-hydrogen) atoms. The maximum absolute atomic E-state index is 11.3. The Bertz CT molecular complexity index is 209. The second-order valence-corrected chi connectivity index (χ2v) is 5.14. The fourth-order valence-corrected chi connectivity index (χ4v) is 2.04. The third kappa shape index (κ3) is 12.2. The van der Waals surface area contributed by atoms with E-state index in [1.54, 1.807) is 4.90 Å². The van der Waals surface area contributed by atoms with Crippen molar-refractivity contribution in [1.29, 1.82) is 0 Å². The van der Waals surface area contributed by atoms with Gasteiger partial charge in [0.25, 0.3) is 0 Å². The first kappa shape index (κ1) is 19.2. The van der Waals surface area contributed by atoms with Crippen LogP contribution in [0.5, 0.6) is 0 Å². The molecule has 0 aromatic carbocycles. The van der Waals surface area contributed by atoms with Crippen LogP contribution in [0.2, 0.25) is 0 Å². The smallest absolute Gasteiger partial charge is 0.314 e. The minimum absolute atomic E-state index is 0.158. The van der Waals surface area contributed by atoms with Gasteiger partial charge in [-0.25, -0.2) is 4.79 Å². The number of carbonyl (C=O) groups is 1. The van der Waals surface area contributed by atoms with Crippen LogP contribution in [0.25, 0.3) is 0 Å². The molecule has 0 spiro atoms. The summed E-state index contributed by atoms with van der Waals surface area (Å²) >= 11 is 0. The predicted molar refractivity (Wildman–Crippen MR) is 81.7 cm³/mol. The van der Waals surface area contributed by atoms with Crippen molar-refractivity contribution in [1.82, 2.24) is 4.90 Å². The number of amides is 2. The Balaban J connectivity index is 3.53.